The lowest BCUT2D eigenvalue weighted by atomic mass is 9.96. The zero-order chi connectivity index (χ0) is 17.8. The van der Waals surface area contributed by atoms with Crippen LogP contribution in [0.25, 0.3) is 0 Å². The van der Waals surface area contributed by atoms with E-state index in [4.69, 9.17) is 5.11 Å². The highest BCUT2D eigenvalue weighted by Gasteiger charge is 2.19. The van der Waals surface area contributed by atoms with Gasteiger partial charge in [0.2, 0.25) is 5.95 Å². The van der Waals surface area contributed by atoms with E-state index in [2.05, 4.69) is 39.2 Å². The Kier molecular flexibility index (Phi) is 5.50. The third kappa shape index (κ3) is 4.08. The fourth-order valence-corrected chi connectivity index (χ4v) is 3.10. The molecule has 2 heterocycles. The van der Waals surface area contributed by atoms with Crippen LogP contribution in [-0.2, 0) is 19.4 Å². The van der Waals surface area contributed by atoms with Crippen LogP contribution in [0.2, 0.25) is 0 Å². The first kappa shape index (κ1) is 17.6. The molecule has 0 radical (unpaired) electrons. The minimum atomic E-state index is -0.433. The Morgan fingerprint density at radius 2 is 2.08 bits per heavy atom. The van der Waals surface area contributed by atoms with Gasteiger partial charge in [0.05, 0.1) is 12.7 Å². The summed E-state index contributed by atoms with van der Waals surface area (Å²) >= 11 is 0. The van der Waals surface area contributed by atoms with Crippen LogP contribution >= 0.6 is 0 Å². The monoisotopic (exact) mass is 342 g/mol. The van der Waals surface area contributed by atoms with Crippen LogP contribution in [0.5, 0.6) is 0 Å². The maximum Gasteiger partial charge on any atom is 0.224 e. The first-order valence-electron chi connectivity index (χ1n) is 8.88. The molecule has 1 aromatic heterocycles. The number of rotatable bonds is 6. The summed E-state index contributed by atoms with van der Waals surface area (Å²) in [6, 6.07) is 8.26. The number of anilines is 2. The third-order valence-electron chi connectivity index (χ3n) is 4.57. The maximum absolute atomic E-state index is 9.76. The molecule has 0 amide bonds. The van der Waals surface area contributed by atoms with Crippen molar-refractivity contribution < 1.29 is 10.2 Å². The lowest BCUT2D eigenvalue weighted by molar-refractivity contribution is 0.199. The molecule has 1 atom stereocenters. The van der Waals surface area contributed by atoms with Crippen molar-refractivity contribution in [3.8, 4) is 0 Å². The summed E-state index contributed by atoms with van der Waals surface area (Å²) in [5.74, 6) is 1.48. The Morgan fingerprint density at radius 3 is 2.80 bits per heavy atom. The second-order valence-electron chi connectivity index (χ2n) is 6.42. The molecular formula is C19H26N4O2. The molecule has 0 saturated heterocycles. The van der Waals surface area contributed by atoms with E-state index in [1.807, 2.05) is 12.1 Å². The van der Waals surface area contributed by atoms with Gasteiger partial charge in [-0.2, -0.15) is 4.98 Å². The van der Waals surface area contributed by atoms with Gasteiger partial charge in [-0.1, -0.05) is 25.1 Å². The van der Waals surface area contributed by atoms with Crippen LogP contribution in [0.1, 0.15) is 42.3 Å². The van der Waals surface area contributed by atoms with Crippen LogP contribution in [0, 0.1) is 0 Å². The summed E-state index contributed by atoms with van der Waals surface area (Å²) in [6.07, 6.45) is 1.34. The summed E-state index contributed by atoms with van der Waals surface area (Å²) in [7, 11) is 0. The maximum atomic E-state index is 9.76. The highest BCUT2D eigenvalue weighted by molar-refractivity contribution is 5.49. The molecule has 0 unspecified atom stereocenters. The molecule has 2 aromatic rings. The van der Waals surface area contributed by atoms with Crippen molar-refractivity contribution in [1.29, 1.82) is 0 Å². The Bertz CT molecular complexity index is 733. The molecule has 6 nitrogen and oxygen atoms in total. The van der Waals surface area contributed by atoms with E-state index in [1.165, 1.54) is 11.1 Å². The number of nitrogens with one attached hydrogen (secondary N) is 1. The highest BCUT2D eigenvalue weighted by Crippen LogP contribution is 2.26. The molecular weight excluding hydrogens is 316 g/mol. The van der Waals surface area contributed by atoms with Gasteiger partial charge in [-0.15, -0.1) is 0 Å². The van der Waals surface area contributed by atoms with E-state index in [1.54, 1.807) is 6.92 Å². The Morgan fingerprint density at radius 1 is 1.24 bits per heavy atom. The number of aromatic nitrogens is 2. The number of fused-ring (bicyclic) bond motifs is 1. The molecule has 0 saturated carbocycles. The van der Waals surface area contributed by atoms with Gasteiger partial charge in [-0.25, -0.2) is 4.98 Å². The first-order valence-corrected chi connectivity index (χ1v) is 8.88. The van der Waals surface area contributed by atoms with Gasteiger partial charge >= 0.3 is 0 Å². The van der Waals surface area contributed by atoms with Crippen LogP contribution < -0.4 is 10.2 Å². The van der Waals surface area contributed by atoms with Crippen molar-refractivity contribution >= 4 is 11.8 Å². The fraction of sp³-hybridized carbons (Fsp3) is 0.474. The van der Waals surface area contributed by atoms with Crippen LogP contribution in [-0.4, -0.2) is 39.9 Å². The zero-order valence-electron chi connectivity index (χ0n) is 14.9. The summed E-state index contributed by atoms with van der Waals surface area (Å²) < 4.78 is 0. The highest BCUT2D eigenvalue weighted by atomic mass is 16.3. The Hall–Kier alpha value is -2.18. The molecule has 1 aromatic carbocycles. The van der Waals surface area contributed by atoms with Crippen molar-refractivity contribution in [1.82, 2.24) is 9.97 Å². The number of nitrogens with zero attached hydrogens (tertiary/aromatic N) is 3. The average molecular weight is 342 g/mol. The third-order valence-corrected chi connectivity index (χ3v) is 4.57. The van der Waals surface area contributed by atoms with Gasteiger partial charge < -0.3 is 20.4 Å². The molecule has 134 valence electrons. The van der Waals surface area contributed by atoms with Crippen molar-refractivity contribution in [3.63, 3.8) is 0 Å². The van der Waals surface area contributed by atoms with E-state index in [0.717, 1.165) is 43.0 Å². The van der Waals surface area contributed by atoms with Crippen LogP contribution in [0.4, 0.5) is 11.8 Å². The molecule has 6 heteroatoms. The summed E-state index contributed by atoms with van der Waals surface area (Å²) in [5, 5.41) is 21.8. The van der Waals surface area contributed by atoms with E-state index in [0.29, 0.717) is 12.5 Å². The standard InChI is InChI=1S/C19H26N4O2/c1-3-17-11-18(22-19(21-17)20-7-9-24)23-8-6-15-10-14(13(2)25)4-5-16(15)12-23/h4-5,10-11,13,24-25H,3,6-9,12H2,1-2H3,(H,20,21,22)/t13-/m1/s1. The lowest BCUT2D eigenvalue weighted by Gasteiger charge is -2.30. The molecule has 25 heavy (non-hydrogen) atoms. The van der Waals surface area contributed by atoms with Crippen molar-refractivity contribution in [2.45, 2.75) is 39.3 Å². The van der Waals surface area contributed by atoms with Crippen molar-refractivity contribution in [3.05, 3.63) is 46.6 Å². The molecule has 3 rings (SSSR count). The van der Waals surface area contributed by atoms with Crippen molar-refractivity contribution in [2.24, 2.45) is 0 Å². The SMILES string of the molecule is CCc1cc(N2CCc3cc([C@@H](C)O)ccc3C2)nc(NCCO)n1. The molecule has 0 aliphatic carbocycles. The molecule has 0 spiro atoms. The van der Waals surface area contributed by atoms with E-state index in [9.17, 15) is 5.11 Å². The second kappa shape index (κ2) is 7.80. The predicted molar refractivity (Wildman–Crippen MR) is 98.8 cm³/mol. The second-order valence-corrected chi connectivity index (χ2v) is 6.42. The van der Waals surface area contributed by atoms with E-state index in [-0.39, 0.29) is 6.61 Å². The van der Waals surface area contributed by atoms with Gasteiger partial charge in [0, 0.05) is 31.4 Å². The van der Waals surface area contributed by atoms with Gasteiger partial charge in [-0.3, -0.25) is 0 Å². The zero-order valence-corrected chi connectivity index (χ0v) is 14.9. The van der Waals surface area contributed by atoms with Gasteiger partial charge in [0.15, 0.2) is 0 Å². The molecule has 3 N–H and O–H groups in total. The minimum absolute atomic E-state index is 0.0533. The number of hydrogen-bond donors (Lipinski definition) is 3. The topological polar surface area (TPSA) is 81.5 Å². The fourth-order valence-electron chi connectivity index (χ4n) is 3.10. The average Bonchev–Trinajstić information content (AvgIpc) is 2.65. The van der Waals surface area contributed by atoms with Gasteiger partial charge in [-0.05, 0) is 36.5 Å². The Labute approximate surface area is 148 Å². The lowest BCUT2D eigenvalue weighted by Crippen LogP contribution is -2.31. The summed E-state index contributed by atoms with van der Waals surface area (Å²) in [5.41, 5.74) is 4.54. The number of hydrogen-bond acceptors (Lipinski definition) is 6. The number of aliphatic hydroxyl groups excluding tert-OH is 2. The number of benzene rings is 1. The Balaban J connectivity index is 1.83. The van der Waals surface area contributed by atoms with Gasteiger partial charge in [0.1, 0.15) is 5.82 Å². The number of aryl methyl sites for hydroxylation is 1. The number of aliphatic hydroxyl groups is 2. The van der Waals surface area contributed by atoms with E-state index < -0.39 is 6.10 Å². The van der Waals surface area contributed by atoms with Crippen LogP contribution in [0.3, 0.4) is 0 Å². The quantitative estimate of drug-likeness (QED) is 0.745. The molecule has 1 aliphatic rings. The van der Waals surface area contributed by atoms with E-state index >= 15 is 0 Å². The smallest absolute Gasteiger partial charge is 0.224 e. The minimum Gasteiger partial charge on any atom is -0.395 e. The molecule has 0 bridgehead atoms. The first-order chi connectivity index (χ1) is 12.1. The molecule has 1 aliphatic heterocycles. The molecule has 0 fully saturated rings. The van der Waals surface area contributed by atoms with Crippen LogP contribution in [0.15, 0.2) is 24.3 Å². The van der Waals surface area contributed by atoms with Gasteiger partial charge in [0.25, 0.3) is 0 Å². The largest absolute Gasteiger partial charge is 0.395 e. The predicted octanol–water partition coefficient (Wildman–Crippen LogP) is 2.06. The van der Waals surface area contributed by atoms with Crippen molar-refractivity contribution in [2.75, 3.05) is 29.9 Å². The normalized spacial score (nSPS) is 15.0. The summed E-state index contributed by atoms with van der Waals surface area (Å²) in [4.78, 5) is 11.3. The summed E-state index contributed by atoms with van der Waals surface area (Å²) in [6.45, 7) is 6.05.